The van der Waals surface area contributed by atoms with Crippen molar-refractivity contribution < 1.29 is 26.2 Å². The minimum atomic E-state index is 0. The molecule has 0 aliphatic heterocycles. The summed E-state index contributed by atoms with van der Waals surface area (Å²) in [4.78, 5) is 0. The van der Waals surface area contributed by atoms with Crippen molar-refractivity contribution in [3.63, 3.8) is 0 Å². The van der Waals surface area contributed by atoms with Crippen molar-refractivity contribution in [3.05, 3.63) is 71.3 Å². The molecule has 19 heavy (non-hydrogen) atoms. The molecule has 90 valence electrons. The first kappa shape index (κ1) is 12.8. The van der Waals surface area contributed by atoms with Gasteiger partial charge in [-0.1, -0.05) is 48.9 Å². The Balaban J connectivity index is 0.00000110. The van der Waals surface area contributed by atoms with E-state index < -0.39 is 0 Å². The minimum Gasteiger partial charge on any atom is -0.140 e. The van der Waals surface area contributed by atoms with Gasteiger partial charge in [-0.3, -0.25) is 0 Å². The largest absolute Gasteiger partial charge is 0.140 e. The van der Waals surface area contributed by atoms with E-state index in [0.29, 0.717) is 0 Å². The van der Waals surface area contributed by atoms with Crippen LogP contribution in [-0.4, -0.2) is 0 Å². The fourth-order valence-electron chi connectivity index (χ4n) is 2.97. The molecule has 0 N–H and O–H groups in total. The van der Waals surface area contributed by atoms with Gasteiger partial charge in [-0.25, -0.2) is 0 Å². The Kier molecular flexibility index (Phi) is 3.19. The van der Waals surface area contributed by atoms with E-state index in [1.165, 1.54) is 38.6 Å². The molecule has 1 aliphatic carbocycles. The van der Waals surface area contributed by atoms with E-state index >= 15 is 0 Å². The minimum absolute atomic E-state index is 0. The Hall–Kier alpha value is -1.20. The van der Waals surface area contributed by atoms with Gasteiger partial charge >= 0.3 is 0 Å². The van der Waals surface area contributed by atoms with Gasteiger partial charge in [0.2, 0.25) is 0 Å². The summed E-state index contributed by atoms with van der Waals surface area (Å²) in [6.45, 7) is 2.11. The van der Waals surface area contributed by atoms with Crippen LogP contribution in [0.2, 0.25) is 0 Å². The average molecular weight is 321 g/mol. The summed E-state index contributed by atoms with van der Waals surface area (Å²) in [5.74, 6) is 0. The summed E-state index contributed by atoms with van der Waals surface area (Å²) in [6, 6.07) is 21.0. The molecular weight excluding hydrogens is 307 g/mol. The molecule has 0 bridgehead atoms. The first-order valence-corrected chi connectivity index (χ1v) is 6.36. The molecule has 0 heterocycles. The summed E-state index contributed by atoms with van der Waals surface area (Å²) in [7, 11) is 0. The Morgan fingerprint density at radius 3 is 2.58 bits per heavy atom. The van der Waals surface area contributed by atoms with Crippen LogP contribution in [0.4, 0.5) is 0 Å². The number of hydrogen-bond donors (Lipinski definition) is 0. The zero-order valence-electron chi connectivity index (χ0n) is 10.8. The SMILES string of the molecule is Cc1[c-]c2c3c(ccc2cc1)-c1ccccc1C3.[Zr]. The quantitative estimate of drug-likeness (QED) is 0.418. The maximum absolute atomic E-state index is 3.52. The number of aryl methyl sites for hydroxylation is 1. The van der Waals surface area contributed by atoms with Crippen molar-refractivity contribution in [2.45, 2.75) is 13.3 Å². The van der Waals surface area contributed by atoms with Gasteiger partial charge in [-0.05, 0) is 17.5 Å². The average Bonchev–Trinajstić information content (AvgIpc) is 2.78. The standard InChI is InChI=1S/C18H13.Zr/c1-12-6-7-13-8-9-16-15-5-3-2-4-14(15)11-18(16)17(13)10-12;/h2-9H,11H2,1H3;/q-1;. The second-order valence-corrected chi connectivity index (χ2v) is 5.03. The summed E-state index contributed by atoms with van der Waals surface area (Å²) in [6.07, 6.45) is 1.04. The van der Waals surface area contributed by atoms with Crippen molar-refractivity contribution in [2.24, 2.45) is 0 Å². The van der Waals surface area contributed by atoms with Crippen molar-refractivity contribution in [2.75, 3.05) is 0 Å². The molecule has 4 rings (SSSR count). The van der Waals surface area contributed by atoms with Crippen LogP contribution in [0, 0.1) is 13.0 Å². The molecule has 0 spiro atoms. The molecule has 0 amide bonds. The van der Waals surface area contributed by atoms with Crippen LogP contribution in [0.15, 0.2) is 48.5 Å². The predicted octanol–water partition coefficient (Wildman–Crippen LogP) is 4.52. The Bertz CT molecular complexity index is 772. The van der Waals surface area contributed by atoms with Crippen LogP contribution in [-0.2, 0) is 32.6 Å². The first-order chi connectivity index (χ1) is 8.83. The van der Waals surface area contributed by atoms with Gasteiger partial charge in [-0.15, -0.1) is 40.1 Å². The van der Waals surface area contributed by atoms with Gasteiger partial charge in [0.1, 0.15) is 0 Å². The van der Waals surface area contributed by atoms with E-state index in [4.69, 9.17) is 0 Å². The normalized spacial score (nSPS) is 11.8. The molecule has 1 aliphatic rings. The van der Waals surface area contributed by atoms with Gasteiger partial charge in [0.15, 0.2) is 0 Å². The zero-order valence-corrected chi connectivity index (χ0v) is 13.3. The molecule has 0 nitrogen and oxygen atoms in total. The Morgan fingerprint density at radius 1 is 0.895 bits per heavy atom. The fourth-order valence-corrected chi connectivity index (χ4v) is 2.97. The summed E-state index contributed by atoms with van der Waals surface area (Å²) in [5.41, 5.74) is 6.88. The van der Waals surface area contributed by atoms with E-state index in [0.717, 1.165) is 6.42 Å². The molecule has 0 aromatic heterocycles. The molecule has 0 fully saturated rings. The number of hydrogen-bond acceptors (Lipinski definition) is 0. The van der Waals surface area contributed by atoms with Crippen LogP contribution in [0.1, 0.15) is 16.7 Å². The van der Waals surface area contributed by atoms with Crippen molar-refractivity contribution >= 4 is 10.8 Å². The van der Waals surface area contributed by atoms with Crippen LogP contribution in [0.3, 0.4) is 0 Å². The molecule has 0 saturated heterocycles. The van der Waals surface area contributed by atoms with Crippen LogP contribution < -0.4 is 0 Å². The smallest absolute Gasteiger partial charge is 0 e. The van der Waals surface area contributed by atoms with Gasteiger partial charge in [-0.2, -0.15) is 0 Å². The molecule has 3 aromatic carbocycles. The number of fused-ring (bicyclic) bond motifs is 5. The third-order valence-electron chi connectivity index (χ3n) is 3.85. The topological polar surface area (TPSA) is 0 Å². The van der Waals surface area contributed by atoms with Gasteiger partial charge in [0, 0.05) is 26.2 Å². The molecule has 1 heteroatoms. The monoisotopic (exact) mass is 319 g/mol. The Labute approximate surface area is 132 Å². The molecule has 0 atom stereocenters. The van der Waals surface area contributed by atoms with E-state index in [2.05, 4.69) is 61.5 Å². The summed E-state index contributed by atoms with van der Waals surface area (Å²) in [5, 5.41) is 2.59. The summed E-state index contributed by atoms with van der Waals surface area (Å²) < 4.78 is 0. The molecule has 0 saturated carbocycles. The van der Waals surface area contributed by atoms with Gasteiger partial charge < -0.3 is 0 Å². The Morgan fingerprint density at radius 2 is 1.68 bits per heavy atom. The van der Waals surface area contributed by atoms with E-state index in [9.17, 15) is 0 Å². The molecule has 0 radical (unpaired) electrons. The number of benzene rings is 3. The third-order valence-corrected chi connectivity index (χ3v) is 3.85. The molecular formula is C18H13Zr-. The van der Waals surface area contributed by atoms with Crippen molar-refractivity contribution in [3.8, 4) is 11.1 Å². The van der Waals surface area contributed by atoms with Crippen LogP contribution in [0.5, 0.6) is 0 Å². The maximum atomic E-state index is 3.52. The number of rotatable bonds is 0. The van der Waals surface area contributed by atoms with E-state index in [-0.39, 0.29) is 26.2 Å². The van der Waals surface area contributed by atoms with E-state index in [1.54, 1.807) is 0 Å². The van der Waals surface area contributed by atoms with Gasteiger partial charge in [0.05, 0.1) is 0 Å². The maximum Gasteiger partial charge on any atom is 0 e. The molecule has 3 aromatic rings. The van der Waals surface area contributed by atoms with Crippen molar-refractivity contribution in [1.82, 2.24) is 0 Å². The fraction of sp³-hybridized carbons (Fsp3) is 0.111. The van der Waals surface area contributed by atoms with E-state index in [1.807, 2.05) is 0 Å². The van der Waals surface area contributed by atoms with Crippen LogP contribution in [0.25, 0.3) is 21.9 Å². The van der Waals surface area contributed by atoms with Crippen molar-refractivity contribution in [1.29, 1.82) is 0 Å². The zero-order chi connectivity index (χ0) is 12.1. The van der Waals surface area contributed by atoms with Gasteiger partial charge in [0.25, 0.3) is 0 Å². The first-order valence-electron chi connectivity index (χ1n) is 6.36. The van der Waals surface area contributed by atoms with Crippen LogP contribution >= 0.6 is 0 Å². The third kappa shape index (κ3) is 1.92. The summed E-state index contributed by atoms with van der Waals surface area (Å²) >= 11 is 0. The molecule has 0 unspecified atom stereocenters. The second kappa shape index (κ2) is 4.72. The predicted molar refractivity (Wildman–Crippen MR) is 75.8 cm³/mol. The second-order valence-electron chi connectivity index (χ2n) is 5.03.